The molecule has 4 aromatic rings. The number of aryl methyl sites for hydroxylation is 1. The molecule has 4 rings (SSSR count). The van der Waals surface area contributed by atoms with Crippen LogP contribution in [0.15, 0.2) is 60.7 Å². The van der Waals surface area contributed by atoms with Gasteiger partial charge in [0, 0.05) is 16.3 Å². The summed E-state index contributed by atoms with van der Waals surface area (Å²) in [5.74, 6) is 0.185. The van der Waals surface area contributed by atoms with Crippen LogP contribution in [0.2, 0.25) is 0 Å². The van der Waals surface area contributed by atoms with Crippen LogP contribution in [0.3, 0.4) is 0 Å². The first-order valence-corrected chi connectivity index (χ1v) is 10.4. The zero-order chi connectivity index (χ0) is 22.7. The first-order valence-electron chi connectivity index (χ1n) is 10.4. The Labute approximate surface area is 183 Å². The summed E-state index contributed by atoms with van der Waals surface area (Å²) < 4.78 is 50.4. The molecular weight excluding hydrogens is 419 g/mol. The zero-order valence-electron chi connectivity index (χ0n) is 17.5. The Morgan fingerprint density at radius 3 is 2.56 bits per heavy atom. The molecule has 1 aromatic heterocycles. The summed E-state index contributed by atoms with van der Waals surface area (Å²) in [5.41, 5.74) is 0.306. The summed E-state index contributed by atoms with van der Waals surface area (Å²) in [6.45, 7) is 2.25. The second-order valence-corrected chi connectivity index (χ2v) is 7.39. The van der Waals surface area contributed by atoms with Crippen molar-refractivity contribution in [2.24, 2.45) is 0 Å². The van der Waals surface area contributed by atoms with Gasteiger partial charge in [-0.05, 0) is 48.9 Å². The molecule has 0 aliphatic heterocycles. The molecule has 1 N–H and O–H groups in total. The van der Waals surface area contributed by atoms with Gasteiger partial charge in [-0.3, -0.25) is 0 Å². The monoisotopic (exact) mass is 441 g/mol. The molecular formula is C25H22F3NO3. The van der Waals surface area contributed by atoms with Gasteiger partial charge in [-0.2, -0.15) is 13.2 Å². The molecule has 0 saturated carbocycles. The largest absolute Gasteiger partial charge is 0.493 e. The summed E-state index contributed by atoms with van der Waals surface area (Å²) in [5, 5.41) is 2.66. The molecule has 0 bridgehead atoms. The normalized spacial score (nSPS) is 11.8. The molecule has 7 heteroatoms. The van der Waals surface area contributed by atoms with Crippen molar-refractivity contribution in [3.63, 3.8) is 0 Å². The van der Waals surface area contributed by atoms with E-state index in [2.05, 4.69) is 4.98 Å². The summed E-state index contributed by atoms with van der Waals surface area (Å²) >= 11 is 0. The van der Waals surface area contributed by atoms with Crippen LogP contribution in [0.4, 0.5) is 13.2 Å². The predicted molar refractivity (Wildman–Crippen MR) is 117 cm³/mol. The number of hydrogen-bond donors (Lipinski definition) is 1. The fourth-order valence-electron chi connectivity index (χ4n) is 3.82. The molecule has 4 nitrogen and oxygen atoms in total. The van der Waals surface area contributed by atoms with Crippen LogP contribution in [0.1, 0.15) is 35.0 Å². The van der Waals surface area contributed by atoms with Crippen molar-refractivity contribution in [3.8, 4) is 5.75 Å². The molecule has 0 aliphatic carbocycles. The topological polar surface area (TPSA) is 51.3 Å². The lowest BCUT2D eigenvalue weighted by molar-refractivity contribution is -0.137. The van der Waals surface area contributed by atoms with Gasteiger partial charge < -0.3 is 14.5 Å². The molecule has 0 atom stereocenters. The third-order valence-corrected chi connectivity index (χ3v) is 5.29. The van der Waals surface area contributed by atoms with Crippen molar-refractivity contribution in [2.45, 2.75) is 25.9 Å². The van der Waals surface area contributed by atoms with Crippen LogP contribution >= 0.6 is 0 Å². The highest BCUT2D eigenvalue weighted by atomic mass is 19.4. The summed E-state index contributed by atoms with van der Waals surface area (Å²) in [7, 11) is 0. The smallest absolute Gasteiger partial charge is 0.416 e. The molecule has 32 heavy (non-hydrogen) atoms. The lowest BCUT2D eigenvalue weighted by Gasteiger charge is -2.10. The first-order chi connectivity index (χ1) is 15.4. The van der Waals surface area contributed by atoms with Gasteiger partial charge in [0.05, 0.1) is 18.8 Å². The quantitative estimate of drug-likeness (QED) is 0.262. The van der Waals surface area contributed by atoms with Crippen molar-refractivity contribution in [3.05, 3.63) is 77.5 Å². The molecule has 0 unspecified atom stereocenters. The highest BCUT2D eigenvalue weighted by molar-refractivity contribution is 5.98. The van der Waals surface area contributed by atoms with E-state index in [1.54, 1.807) is 6.92 Å². The average Bonchev–Trinajstić information content (AvgIpc) is 3.14. The van der Waals surface area contributed by atoms with Crippen LogP contribution in [0.25, 0.3) is 21.7 Å². The van der Waals surface area contributed by atoms with E-state index < -0.39 is 17.7 Å². The van der Waals surface area contributed by atoms with Gasteiger partial charge in [-0.1, -0.05) is 42.5 Å². The van der Waals surface area contributed by atoms with E-state index in [-0.39, 0.29) is 17.8 Å². The maximum Gasteiger partial charge on any atom is 0.416 e. The van der Waals surface area contributed by atoms with E-state index in [0.29, 0.717) is 30.4 Å². The number of aromatic nitrogens is 1. The minimum Gasteiger partial charge on any atom is -0.493 e. The number of hydrogen-bond acceptors (Lipinski definition) is 3. The molecule has 0 saturated heterocycles. The molecule has 0 aliphatic rings. The molecule has 166 valence electrons. The van der Waals surface area contributed by atoms with Crippen LogP contribution in [-0.2, 0) is 17.3 Å². The SMILES string of the molecule is CCOC(=O)c1[nH]c2cc(C(F)(F)F)ccc2c1CCCOc1cccc2ccccc12. The van der Waals surface area contributed by atoms with Gasteiger partial charge >= 0.3 is 12.1 Å². The Morgan fingerprint density at radius 2 is 1.78 bits per heavy atom. The number of fused-ring (bicyclic) bond motifs is 2. The number of carbonyl (C=O) groups is 1. The number of carbonyl (C=O) groups excluding carboxylic acids is 1. The number of rotatable bonds is 7. The zero-order valence-corrected chi connectivity index (χ0v) is 17.5. The lowest BCUT2D eigenvalue weighted by atomic mass is 10.0. The van der Waals surface area contributed by atoms with Crippen LogP contribution < -0.4 is 4.74 Å². The van der Waals surface area contributed by atoms with Crippen molar-refractivity contribution >= 4 is 27.6 Å². The van der Waals surface area contributed by atoms with Crippen LogP contribution in [0, 0.1) is 0 Å². The lowest BCUT2D eigenvalue weighted by Crippen LogP contribution is -2.09. The Balaban J connectivity index is 1.55. The van der Waals surface area contributed by atoms with Gasteiger partial charge in [0.2, 0.25) is 0 Å². The number of H-pyrrole nitrogens is 1. The van der Waals surface area contributed by atoms with E-state index in [4.69, 9.17) is 9.47 Å². The van der Waals surface area contributed by atoms with E-state index in [9.17, 15) is 18.0 Å². The fraction of sp³-hybridized carbons (Fsp3) is 0.240. The van der Waals surface area contributed by atoms with E-state index in [0.717, 1.165) is 28.7 Å². The maximum atomic E-state index is 13.1. The van der Waals surface area contributed by atoms with E-state index >= 15 is 0 Å². The number of alkyl halides is 3. The van der Waals surface area contributed by atoms with Gasteiger partial charge in [-0.25, -0.2) is 4.79 Å². The van der Waals surface area contributed by atoms with E-state index in [1.165, 1.54) is 6.07 Å². The van der Waals surface area contributed by atoms with Crippen molar-refractivity contribution in [2.75, 3.05) is 13.2 Å². The highest BCUT2D eigenvalue weighted by Gasteiger charge is 2.31. The van der Waals surface area contributed by atoms with Gasteiger partial charge in [-0.15, -0.1) is 0 Å². The Hall–Kier alpha value is -3.48. The minimum absolute atomic E-state index is 0.172. The van der Waals surface area contributed by atoms with E-state index in [1.807, 2.05) is 42.5 Å². The first kappa shape index (κ1) is 21.7. The molecule has 0 spiro atoms. The molecule has 0 radical (unpaired) electrons. The second-order valence-electron chi connectivity index (χ2n) is 7.39. The summed E-state index contributed by atoms with van der Waals surface area (Å²) in [6, 6.07) is 17.2. The molecule has 3 aromatic carbocycles. The predicted octanol–water partition coefficient (Wildman–Crippen LogP) is 6.53. The molecule has 0 amide bonds. The minimum atomic E-state index is -4.46. The van der Waals surface area contributed by atoms with Crippen LogP contribution in [-0.4, -0.2) is 24.2 Å². The number of aromatic amines is 1. The van der Waals surface area contributed by atoms with Gasteiger partial charge in [0.1, 0.15) is 11.4 Å². The number of nitrogens with one attached hydrogen (secondary N) is 1. The fourth-order valence-corrected chi connectivity index (χ4v) is 3.82. The highest BCUT2D eigenvalue weighted by Crippen LogP contribution is 2.33. The number of benzene rings is 3. The number of halogens is 3. The number of ether oxygens (including phenoxy) is 2. The summed E-state index contributed by atoms with van der Waals surface area (Å²) in [4.78, 5) is 15.2. The number of esters is 1. The standard InChI is InChI=1S/C25H22F3NO3/c1-2-31-24(30)23-20(19-13-12-17(25(26,27)28)15-21(19)29-23)10-6-14-32-22-11-5-8-16-7-3-4-9-18(16)22/h3-5,7-9,11-13,15,29H,2,6,10,14H2,1H3. The third kappa shape index (κ3) is 4.42. The average molecular weight is 441 g/mol. The van der Waals surface area contributed by atoms with Crippen molar-refractivity contribution < 1.29 is 27.4 Å². The molecule has 0 fully saturated rings. The third-order valence-electron chi connectivity index (χ3n) is 5.29. The Morgan fingerprint density at radius 1 is 1.00 bits per heavy atom. The maximum absolute atomic E-state index is 13.1. The molecule has 1 heterocycles. The van der Waals surface area contributed by atoms with Crippen molar-refractivity contribution in [1.82, 2.24) is 4.98 Å². The van der Waals surface area contributed by atoms with Crippen molar-refractivity contribution in [1.29, 1.82) is 0 Å². The Bertz CT molecular complexity index is 1260. The van der Waals surface area contributed by atoms with Gasteiger partial charge in [0.15, 0.2) is 0 Å². The van der Waals surface area contributed by atoms with Gasteiger partial charge in [0.25, 0.3) is 0 Å². The second kappa shape index (κ2) is 8.94. The van der Waals surface area contributed by atoms with Crippen LogP contribution in [0.5, 0.6) is 5.75 Å². The Kier molecular flexibility index (Phi) is 6.08. The summed E-state index contributed by atoms with van der Waals surface area (Å²) in [6.07, 6.45) is -3.44.